The number of ether oxygens (including phenoxy) is 2. The molecule has 0 aliphatic heterocycles. The highest BCUT2D eigenvalue weighted by Gasteiger charge is 2.25. The fourth-order valence-corrected chi connectivity index (χ4v) is 6.70. The molecule has 0 aromatic heterocycles. The van der Waals surface area contributed by atoms with E-state index in [2.05, 4.69) is 50.3 Å². The van der Waals surface area contributed by atoms with E-state index in [1.807, 2.05) is 0 Å². The first kappa shape index (κ1) is 51.3. The van der Waals surface area contributed by atoms with Gasteiger partial charge in [-0.1, -0.05) is 153 Å². The number of allylic oxidation sites excluding steroid dienone is 6. The number of carbonyl (C=O) groups is 2. The van der Waals surface area contributed by atoms with Crippen molar-refractivity contribution in [2.24, 2.45) is 0 Å². The first-order valence-corrected chi connectivity index (χ1v) is 23.3. The van der Waals surface area contributed by atoms with E-state index in [-0.39, 0.29) is 32.0 Å². The lowest BCUT2D eigenvalue weighted by atomic mass is 10.1. The SMILES string of the molecule is CCCCC/C=C\C/C=C\CCCCCCCCCC(=O)OC(COC(=O)CCCCCCC/C=C\CCCCCCCCC)COP(=O)(O)OCC. The molecule has 0 aliphatic carbocycles. The van der Waals surface area contributed by atoms with Crippen LogP contribution in [0.1, 0.15) is 207 Å². The zero-order valence-electron chi connectivity index (χ0n) is 34.4. The molecule has 2 atom stereocenters. The number of hydrogen-bond acceptors (Lipinski definition) is 7. The molecule has 53 heavy (non-hydrogen) atoms. The van der Waals surface area contributed by atoms with Gasteiger partial charge in [-0.25, -0.2) is 4.57 Å². The van der Waals surface area contributed by atoms with Crippen LogP contribution in [0.5, 0.6) is 0 Å². The zero-order valence-corrected chi connectivity index (χ0v) is 35.3. The molecular formula is C44H81O8P. The van der Waals surface area contributed by atoms with Crippen molar-refractivity contribution in [1.82, 2.24) is 0 Å². The first-order valence-electron chi connectivity index (χ1n) is 21.8. The first-order chi connectivity index (χ1) is 25.8. The summed E-state index contributed by atoms with van der Waals surface area (Å²) in [6.07, 6.45) is 44.8. The van der Waals surface area contributed by atoms with Crippen LogP contribution in [0.3, 0.4) is 0 Å². The maximum absolute atomic E-state index is 12.6. The highest BCUT2D eigenvalue weighted by molar-refractivity contribution is 7.47. The quantitative estimate of drug-likeness (QED) is 0.0284. The number of hydrogen-bond donors (Lipinski definition) is 1. The van der Waals surface area contributed by atoms with Crippen LogP contribution in [0.25, 0.3) is 0 Å². The van der Waals surface area contributed by atoms with E-state index in [9.17, 15) is 19.0 Å². The normalized spacial score (nSPS) is 13.7. The van der Waals surface area contributed by atoms with Crippen LogP contribution < -0.4 is 0 Å². The molecule has 0 saturated heterocycles. The molecule has 0 spiro atoms. The molecule has 0 rings (SSSR count). The topological polar surface area (TPSA) is 108 Å². The van der Waals surface area contributed by atoms with Gasteiger partial charge in [0.2, 0.25) is 0 Å². The summed E-state index contributed by atoms with van der Waals surface area (Å²) < 4.78 is 32.6. The highest BCUT2D eigenvalue weighted by atomic mass is 31.2. The number of rotatable bonds is 40. The van der Waals surface area contributed by atoms with Crippen LogP contribution in [-0.4, -0.2) is 42.8 Å². The molecular weight excluding hydrogens is 687 g/mol. The third-order valence-electron chi connectivity index (χ3n) is 9.17. The average Bonchev–Trinajstić information content (AvgIpc) is 3.13. The number of phosphoric acid groups is 1. The van der Waals surface area contributed by atoms with Crippen molar-refractivity contribution in [3.05, 3.63) is 36.5 Å². The standard InChI is InChI=1S/C44H81O8P/c1-4-7-9-11-13-15-17-19-21-23-25-27-29-31-33-35-37-39-44(46)52-42(41-51-53(47,48)50-6-3)40-49-43(45)38-36-34-32-30-28-26-24-22-20-18-16-14-12-10-8-5-2/h13,15,19,21-22,24,42H,4-12,14,16-18,20,23,25-41H2,1-3H3,(H,47,48)/b15-13-,21-19-,24-22-. The van der Waals surface area contributed by atoms with Crippen molar-refractivity contribution in [3.63, 3.8) is 0 Å². The summed E-state index contributed by atoms with van der Waals surface area (Å²) in [5.41, 5.74) is 0. The molecule has 0 aromatic carbocycles. The second-order valence-corrected chi connectivity index (χ2v) is 15.8. The fourth-order valence-electron chi connectivity index (χ4n) is 5.95. The van der Waals surface area contributed by atoms with E-state index in [1.54, 1.807) is 6.92 Å². The van der Waals surface area contributed by atoms with E-state index in [1.165, 1.54) is 96.3 Å². The summed E-state index contributed by atoms with van der Waals surface area (Å²) in [5.74, 6) is -0.813. The molecule has 8 nitrogen and oxygen atoms in total. The van der Waals surface area contributed by atoms with Crippen LogP contribution in [0.2, 0.25) is 0 Å². The molecule has 1 N–H and O–H groups in total. The number of esters is 2. The Bertz CT molecular complexity index is 963. The Morgan fingerprint density at radius 1 is 0.509 bits per heavy atom. The van der Waals surface area contributed by atoms with Gasteiger partial charge in [0.05, 0.1) is 13.2 Å². The molecule has 0 fully saturated rings. The van der Waals surface area contributed by atoms with Crippen LogP contribution in [0.15, 0.2) is 36.5 Å². The van der Waals surface area contributed by atoms with E-state index < -0.39 is 26.5 Å². The van der Waals surface area contributed by atoms with Crippen molar-refractivity contribution in [1.29, 1.82) is 0 Å². The lowest BCUT2D eigenvalue weighted by Gasteiger charge is -2.19. The summed E-state index contributed by atoms with van der Waals surface area (Å²) in [4.78, 5) is 34.7. The summed E-state index contributed by atoms with van der Waals surface area (Å²) in [5, 5.41) is 0. The molecule has 310 valence electrons. The molecule has 2 unspecified atom stereocenters. The highest BCUT2D eigenvalue weighted by Crippen LogP contribution is 2.43. The Morgan fingerprint density at radius 2 is 0.906 bits per heavy atom. The van der Waals surface area contributed by atoms with Crippen molar-refractivity contribution >= 4 is 19.8 Å². The molecule has 0 saturated carbocycles. The van der Waals surface area contributed by atoms with E-state index in [0.29, 0.717) is 6.42 Å². The Morgan fingerprint density at radius 3 is 1.40 bits per heavy atom. The smallest absolute Gasteiger partial charge is 0.462 e. The fraction of sp³-hybridized carbons (Fsp3) is 0.818. The van der Waals surface area contributed by atoms with E-state index in [0.717, 1.165) is 70.6 Å². The second kappa shape index (κ2) is 39.9. The lowest BCUT2D eigenvalue weighted by Crippen LogP contribution is -2.29. The minimum atomic E-state index is -4.28. The van der Waals surface area contributed by atoms with Gasteiger partial charge in [0, 0.05) is 12.8 Å². The van der Waals surface area contributed by atoms with Crippen molar-refractivity contribution < 1.29 is 37.6 Å². The van der Waals surface area contributed by atoms with Gasteiger partial charge in [-0.05, 0) is 77.6 Å². The van der Waals surface area contributed by atoms with Gasteiger partial charge in [-0.3, -0.25) is 18.6 Å². The van der Waals surface area contributed by atoms with Gasteiger partial charge in [0.1, 0.15) is 6.61 Å². The van der Waals surface area contributed by atoms with Gasteiger partial charge in [0.15, 0.2) is 6.10 Å². The zero-order chi connectivity index (χ0) is 38.9. The van der Waals surface area contributed by atoms with Crippen molar-refractivity contribution in [2.45, 2.75) is 213 Å². The van der Waals surface area contributed by atoms with E-state index in [4.69, 9.17) is 18.5 Å². The summed E-state index contributed by atoms with van der Waals surface area (Å²) in [7, 11) is -4.28. The van der Waals surface area contributed by atoms with E-state index >= 15 is 0 Å². The van der Waals surface area contributed by atoms with Gasteiger partial charge in [-0.2, -0.15) is 0 Å². The Labute approximate surface area is 325 Å². The van der Waals surface area contributed by atoms with Crippen LogP contribution in [0, 0.1) is 0 Å². The lowest BCUT2D eigenvalue weighted by molar-refractivity contribution is -0.161. The maximum atomic E-state index is 12.6. The van der Waals surface area contributed by atoms with Gasteiger partial charge in [-0.15, -0.1) is 0 Å². The third-order valence-corrected chi connectivity index (χ3v) is 10.2. The Balaban J connectivity index is 4.10. The molecule has 0 radical (unpaired) electrons. The number of phosphoric ester groups is 1. The van der Waals surface area contributed by atoms with Crippen LogP contribution >= 0.6 is 7.82 Å². The summed E-state index contributed by atoms with van der Waals surface area (Å²) >= 11 is 0. The minimum Gasteiger partial charge on any atom is -0.462 e. The Hall–Kier alpha value is -1.73. The van der Waals surface area contributed by atoms with Gasteiger partial charge >= 0.3 is 19.8 Å². The van der Waals surface area contributed by atoms with Gasteiger partial charge in [0.25, 0.3) is 0 Å². The molecule has 9 heteroatoms. The molecule has 0 bridgehead atoms. The number of unbranched alkanes of at least 4 members (excludes halogenated alkanes) is 22. The number of carbonyl (C=O) groups excluding carboxylic acids is 2. The molecule has 0 aromatic rings. The predicted octanol–water partition coefficient (Wildman–Crippen LogP) is 13.6. The van der Waals surface area contributed by atoms with Crippen molar-refractivity contribution in [2.75, 3.05) is 19.8 Å². The average molecular weight is 769 g/mol. The largest absolute Gasteiger partial charge is 0.472 e. The third kappa shape index (κ3) is 39.8. The molecule has 0 amide bonds. The predicted molar refractivity (Wildman–Crippen MR) is 221 cm³/mol. The maximum Gasteiger partial charge on any atom is 0.472 e. The van der Waals surface area contributed by atoms with Crippen molar-refractivity contribution in [3.8, 4) is 0 Å². The second-order valence-electron chi connectivity index (χ2n) is 14.4. The van der Waals surface area contributed by atoms with Crippen LogP contribution in [0.4, 0.5) is 0 Å². The minimum absolute atomic E-state index is 0.00258. The summed E-state index contributed by atoms with van der Waals surface area (Å²) in [6, 6.07) is 0. The molecule has 0 aliphatic rings. The van der Waals surface area contributed by atoms with Gasteiger partial charge < -0.3 is 14.4 Å². The monoisotopic (exact) mass is 769 g/mol. The summed E-state index contributed by atoms with van der Waals surface area (Å²) in [6.45, 7) is 5.44. The van der Waals surface area contributed by atoms with Crippen LogP contribution in [-0.2, 0) is 32.7 Å². The Kier molecular flexibility index (Phi) is 38.6. The molecule has 0 heterocycles.